The zero-order valence-corrected chi connectivity index (χ0v) is 18.9. The van der Waals surface area contributed by atoms with Crippen LogP contribution in [0.15, 0.2) is 78.9 Å². The third kappa shape index (κ3) is 3.54. The fourth-order valence-corrected chi connectivity index (χ4v) is 4.67. The molecule has 0 radical (unpaired) electrons. The van der Waals surface area contributed by atoms with E-state index < -0.39 is 5.60 Å². The van der Waals surface area contributed by atoms with Crippen LogP contribution in [0.25, 0.3) is 33.4 Å². The Morgan fingerprint density at radius 1 is 0.727 bits per heavy atom. The molecule has 158 valence electrons. The molecule has 1 heterocycles. The van der Waals surface area contributed by atoms with Crippen LogP contribution in [-0.4, -0.2) is 0 Å². The van der Waals surface area contributed by atoms with E-state index >= 15 is 0 Å². The van der Waals surface area contributed by atoms with Gasteiger partial charge in [0, 0.05) is 16.1 Å². The summed E-state index contributed by atoms with van der Waals surface area (Å²) in [6.07, 6.45) is 0. The second-order valence-corrected chi connectivity index (χ2v) is 8.98. The minimum Gasteiger partial charge on any atom is -0.482 e. The summed E-state index contributed by atoms with van der Waals surface area (Å²) in [7, 11) is 0. The number of ether oxygens (including phenoxy) is 1. The SMILES string of the molecule is CC1(C)Oc2cccc(-c3cc(Cl)ccc3-c3ccc(C#N)cc3)c2-c2ccc(C#N)cc21. The molecule has 0 unspecified atom stereocenters. The number of nitriles is 2. The van der Waals surface area contributed by atoms with Gasteiger partial charge in [0.05, 0.1) is 23.3 Å². The Morgan fingerprint density at radius 3 is 2.15 bits per heavy atom. The lowest BCUT2D eigenvalue weighted by molar-refractivity contribution is 0.106. The van der Waals surface area contributed by atoms with Crippen molar-refractivity contribution in [3.63, 3.8) is 0 Å². The van der Waals surface area contributed by atoms with Crippen molar-refractivity contribution in [2.75, 3.05) is 0 Å². The molecule has 3 nitrogen and oxygen atoms in total. The molecular formula is C29H19ClN2O. The van der Waals surface area contributed by atoms with E-state index in [1.54, 1.807) is 0 Å². The first kappa shape index (κ1) is 20.8. The van der Waals surface area contributed by atoms with Gasteiger partial charge in [-0.15, -0.1) is 0 Å². The molecule has 0 aliphatic carbocycles. The van der Waals surface area contributed by atoms with E-state index in [9.17, 15) is 10.5 Å². The monoisotopic (exact) mass is 446 g/mol. The van der Waals surface area contributed by atoms with Crippen LogP contribution in [0, 0.1) is 22.7 Å². The summed E-state index contributed by atoms with van der Waals surface area (Å²) in [5, 5.41) is 19.2. The van der Waals surface area contributed by atoms with Gasteiger partial charge in [-0.2, -0.15) is 10.5 Å². The van der Waals surface area contributed by atoms with Crippen molar-refractivity contribution in [1.82, 2.24) is 0 Å². The van der Waals surface area contributed by atoms with Crippen molar-refractivity contribution in [1.29, 1.82) is 10.5 Å². The van der Waals surface area contributed by atoms with Gasteiger partial charge in [-0.25, -0.2) is 0 Å². The summed E-state index contributed by atoms with van der Waals surface area (Å²) in [6, 6.07) is 29.6. The van der Waals surface area contributed by atoms with Gasteiger partial charge >= 0.3 is 0 Å². The van der Waals surface area contributed by atoms with Crippen LogP contribution in [0.4, 0.5) is 0 Å². The molecule has 1 aliphatic heterocycles. The molecule has 0 bridgehead atoms. The van der Waals surface area contributed by atoms with E-state index in [1.165, 1.54) is 0 Å². The summed E-state index contributed by atoms with van der Waals surface area (Å²) in [5.41, 5.74) is 7.62. The molecule has 0 N–H and O–H groups in total. The third-order valence-corrected chi connectivity index (χ3v) is 6.29. The van der Waals surface area contributed by atoms with Crippen molar-refractivity contribution < 1.29 is 4.74 Å². The second kappa shape index (κ2) is 7.82. The highest BCUT2D eigenvalue weighted by molar-refractivity contribution is 6.31. The van der Waals surface area contributed by atoms with Gasteiger partial charge in [0.15, 0.2) is 0 Å². The Labute approximate surface area is 198 Å². The molecule has 0 amide bonds. The van der Waals surface area contributed by atoms with Gasteiger partial charge in [-0.1, -0.05) is 48.0 Å². The van der Waals surface area contributed by atoms with Gasteiger partial charge in [-0.3, -0.25) is 0 Å². The van der Waals surface area contributed by atoms with Crippen molar-refractivity contribution in [2.24, 2.45) is 0 Å². The predicted molar refractivity (Wildman–Crippen MR) is 131 cm³/mol. The number of benzene rings is 4. The number of halogens is 1. The highest BCUT2D eigenvalue weighted by atomic mass is 35.5. The molecule has 0 spiro atoms. The minimum atomic E-state index is -0.571. The van der Waals surface area contributed by atoms with E-state index in [4.69, 9.17) is 16.3 Å². The molecule has 0 aromatic heterocycles. The molecule has 0 saturated carbocycles. The lowest BCUT2D eigenvalue weighted by Crippen LogP contribution is -2.29. The van der Waals surface area contributed by atoms with Crippen LogP contribution in [-0.2, 0) is 5.60 Å². The predicted octanol–water partition coefficient (Wildman–Crippen LogP) is 7.71. The van der Waals surface area contributed by atoms with Gasteiger partial charge in [0.25, 0.3) is 0 Å². The van der Waals surface area contributed by atoms with E-state index in [0.717, 1.165) is 44.7 Å². The molecule has 1 aliphatic rings. The third-order valence-electron chi connectivity index (χ3n) is 6.05. The highest BCUT2D eigenvalue weighted by Crippen LogP contribution is 2.50. The van der Waals surface area contributed by atoms with E-state index in [0.29, 0.717) is 16.1 Å². The van der Waals surface area contributed by atoms with Crippen LogP contribution >= 0.6 is 11.6 Å². The van der Waals surface area contributed by atoms with Gasteiger partial charge in [-0.05, 0) is 84.1 Å². The number of hydrogen-bond donors (Lipinski definition) is 0. The quantitative estimate of drug-likeness (QED) is 0.316. The van der Waals surface area contributed by atoms with Gasteiger partial charge in [0.1, 0.15) is 11.4 Å². The largest absolute Gasteiger partial charge is 0.482 e. The number of hydrogen-bond acceptors (Lipinski definition) is 3. The average molecular weight is 447 g/mol. The summed E-state index contributed by atoms with van der Waals surface area (Å²) < 4.78 is 6.44. The van der Waals surface area contributed by atoms with Crippen LogP contribution in [0.3, 0.4) is 0 Å². The fraction of sp³-hybridized carbons (Fsp3) is 0.103. The molecular weight excluding hydrogens is 428 g/mol. The maximum atomic E-state index is 9.44. The standard InChI is InChI=1S/C29H19ClN2O/c1-29(2)26-14-19(17-32)8-12-24(26)28-23(4-3-5-27(28)33-29)25-15-21(30)11-13-22(25)20-9-6-18(16-31)7-10-20/h3-15H,1-2H3. The number of nitrogens with zero attached hydrogens (tertiary/aromatic N) is 2. The maximum Gasteiger partial charge on any atom is 0.129 e. The zero-order chi connectivity index (χ0) is 23.2. The highest BCUT2D eigenvalue weighted by Gasteiger charge is 2.34. The summed E-state index contributed by atoms with van der Waals surface area (Å²) in [5.74, 6) is 0.792. The van der Waals surface area contributed by atoms with Crippen LogP contribution in [0.1, 0.15) is 30.5 Å². The van der Waals surface area contributed by atoms with Gasteiger partial charge in [0.2, 0.25) is 0 Å². The zero-order valence-electron chi connectivity index (χ0n) is 18.2. The fourth-order valence-electron chi connectivity index (χ4n) is 4.49. The Balaban J connectivity index is 1.78. The second-order valence-electron chi connectivity index (χ2n) is 8.54. The van der Waals surface area contributed by atoms with Crippen molar-refractivity contribution in [3.8, 4) is 51.3 Å². The van der Waals surface area contributed by atoms with E-state index in [1.807, 2.05) is 86.6 Å². The smallest absolute Gasteiger partial charge is 0.129 e. The molecule has 5 rings (SSSR count). The molecule has 4 aromatic carbocycles. The lowest BCUT2D eigenvalue weighted by atomic mass is 9.81. The summed E-state index contributed by atoms with van der Waals surface area (Å²) in [6.45, 7) is 4.04. The minimum absolute atomic E-state index is 0.571. The molecule has 4 heteroatoms. The molecule has 0 atom stereocenters. The van der Waals surface area contributed by atoms with Crippen LogP contribution in [0.5, 0.6) is 5.75 Å². The molecule has 4 aromatic rings. The first-order valence-electron chi connectivity index (χ1n) is 10.6. The Hall–Kier alpha value is -4.05. The van der Waals surface area contributed by atoms with Crippen molar-refractivity contribution in [3.05, 3.63) is 101 Å². The number of fused-ring (bicyclic) bond motifs is 3. The average Bonchev–Trinajstić information content (AvgIpc) is 2.83. The summed E-state index contributed by atoms with van der Waals surface area (Å²) in [4.78, 5) is 0. The lowest BCUT2D eigenvalue weighted by Gasteiger charge is -2.36. The maximum absolute atomic E-state index is 9.44. The normalized spacial score (nSPS) is 13.1. The Kier molecular flexibility index (Phi) is 4.94. The molecule has 0 fully saturated rings. The first-order chi connectivity index (χ1) is 15.9. The van der Waals surface area contributed by atoms with Crippen LogP contribution in [0.2, 0.25) is 5.02 Å². The first-order valence-corrected chi connectivity index (χ1v) is 11.0. The molecule has 33 heavy (non-hydrogen) atoms. The van der Waals surface area contributed by atoms with E-state index in [-0.39, 0.29) is 0 Å². The van der Waals surface area contributed by atoms with Crippen molar-refractivity contribution >= 4 is 11.6 Å². The Bertz CT molecular complexity index is 1490. The van der Waals surface area contributed by atoms with Crippen LogP contribution < -0.4 is 4.74 Å². The summed E-state index contributed by atoms with van der Waals surface area (Å²) >= 11 is 6.46. The van der Waals surface area contributed by atoms with Gasteiger partial charge < -0.3 is 4.74 Å². The van der Waals surface area contributed by atoms with Crippen molar-refractivity contribution in [2.45, 2.75) is 19.4 Å². The van der Waals surface area contributed by atoms with E-state index in [2.05, 4.69) is 18.2 Å². The Morgan fingerprint density at radius 2 is 1.42 bits per heavy atom. The topological polar surface area (TPSA) is 56.8 Å². The molecule has 0 saturated heterocycles. The number of rotatable bonds is 2.